The van der Waals surface area contributed by atoms with Gasteiger partial charge < -0.3 is 18.9 Å². The molecule has 27 heavy (non-hydrogen) atoms. The molecule has 0 saturated heterocycles. The summed E-state index contributed by atoms with van der Waals surface area (Å²) in [7, 11) is 1.30. The standard InChI is InChI=1S/C21H20O6/c1-3-8-25-13-5-6-14-15(10-13)20(22)19(21(23)24-2)18(14)12-4-7-16-17(9-12)27-11-26-16/h4-7,9-10,18-19H,3,8,11H2,1-2H3/t18-,19+/m0/s1. The maximum atomic E-state index is 13.0. The van der Waals surface area contributed by atoms with E-state index in [0.29, 0.717) is 29.4 Å². The van der Waals surface area contributed by atoms with E-state index in [9.17, 15) is 9.59 Å². The Kier molecular flexibility index (Phi) is 4.48. The molecule has 2 atom stereocenters. The first-order valence-electron chi connectivity index (χ1n) is 8.92. The summed E-state index contributed by atoms with van der Waals surface area (Å²) in [5.41, 5.74) is 2.10. The van der Waals surface area contributed by atoms with Crippen molar-refractivity contribution in [1.82, 2.24) is 0 Å². The minimum atomic E-state index is -0.924. The Labute approximate surface area is 157 Å². The Balaban J connectivity index is 1.79. The quantitative estimate of drug-likeness (QED) is 0.596. The molecule has 1 aliphatic heterocycles. The second kappa shape index (κ2) is 6.95. The predicted octanol–water partition coefficient (Wildman–Crippen LogP) is 3.32. The highest BCUT2D eigenvalue weighted by Crippen LogP contribution is 2.46. The van der Waals surface area contributed by atoms with E-state index in [0.717, 1.165) is 17.5 Å². The van der Waals surface area contributed by atoms with Crippen LogP contribution in [0.2, 0.25) is 0 Å². The fourth-order valence-corrected chi connectivity index (χ4v) is 3.68. The van der Waals surface area contributed by atoms with Gasteiger partial charge in [0.05, 0.1) is 13.7 Å². The SMILES string of the molecule is CCCOc1ccc2c(c1)C(=O)[C@H](C(=O)OC)[C@H]2c1ccc2c(c1)OCO2. The van der Waals surface area contributed by atoms with Crippen LogP contribution < -0.4 is 14.2 Å². The van der Waals surface area contributed by atoms with Crippen molar-refractivity contribution in [3.8, 4) is 17.2 Å². The molecule has 0 aromatic heterocycles. The summed E-state index contributed by atoms with van der Waals surface area (Å²) in [6.07, 6.45) is 0.871. The molecule has 0 spiro atoms. The van der Waals surface area contributed by atoms with Gasteiger partial charge in [0.2, 0.25) is 6.79 Å². The molecule has 1 aliphatic carbocycles. The van der Waals surface area contributed by atoms with Gasteiger partial charge in [0.1, 0.15) is 11.7 Å². The number of ether oxygens (including phenoxy) is 4. The maximum Gasteiger partial charge on any atom is 0.317 e. The third-order valence-electron chi connectivity index (χ3n) is 4.92. The van der Waals surface area contributed by atoms with Crippen LogP contribution in [0.25, 0.3) is 0 Å². The topological polar surface area (TPSA) is 71.1 Å². The average Bonchev–Trinajstić information content (AvgIpc) is 3.27. The molecule has 1 heterocycles. The third kappa shape index (κ3) is 2.91. The lowest BCUT2D eigenvalue weighted by Crippen LogP contribution is -2.26. The first-order chi connectivity index (χ1) is 13.1. The number of methoxy groups -OCH3 is 1. The molecule has 6 nitrogen and oxygen atoms in total. The zero-order valence-electron chi connectivity index (χ0n) is 15.2. The van der Waals surface area contributed by atoms with Crippen LogP contribution >= 0.6 is 0 Å². The highest BCUT2D eigenvalue weighted by molar-refractivity contribution is 6.14. The Hall–Kier alpha value is -3.02. The van der Waals surface area contributed by atoms with Crippen molar-refractivity contribution in [2.75, 3.05) is 20.5 Å². The van der Waals surface area contributed by atoms with Gasteiger partial charge in [0.15, 0.2) is 17.3 Å². The van der Waals surface area contributed by atoms with E-state index in [4.69, 9.17) is 18.9 Å². The summed E-state index contributed by atoms with van der Waals surface area (Å²) in [4.78, 5) is 25.5. The monoisotopic (exact) mass is 368 g/mol. The molecule has 2 aromatic carbocycles. The van der Waals surface area contributed by atoms with Crippen LogP contribution in [-0.4, -0.2) is 32.3 Å². The molecule has 0 saturated carbocycles. The fraction of sp³-hybridized carbons (Fsp3) is 0.333. The normalized spacial score (nSPS) is 19.7. The molecule has 0 unspecified atom stereocenters. The van der Waals surface area contributed by atoms with Crippen LogP contribution in [0.15, 0.2) is 36.4 Å². The van der Waals surface area contributed by atoms with Crippen molar-refractivity contribution in [3.05, 3.63) is 53.1 Å². The molecule has 2 aliphatic rings. The van der Waals surface area contributed by atoms with Crippen molar-refractivity contribution in [1.29, 1.82) is 0 Å². The molecular weight excluding hydrogens is 348 g/mol. The Bertz CT molecular complexity index is 904. The van der Waals surface area contributed by atoms with Gasteiger partial charge in [-0.25, -0.2) is 0 Å². The molecule has 0 N–H and O–H groups in total. The van der Waals surface area contributed by atoms with Crippen molar-refractivity contribution < 1.29 is 28.5 Å². The number of esters is 1. The van der Waals surface area contributed by atoms with Gasteiger partial charge in [-0.05, 0) is 41.8 Å². The van der Waals surface area contributed by atoms with E-state index in [1.807, 2.05) is 31.2 Å². The zero-order valence-corrected chi connectivity index (χ0v) is 15.2. The first kappa shape index (κ1) is 17.4. The summed E-state index contributed by atoms with van der Waals surface area (Å²) in [5, 5.41) is 0. The van der Waals surface area contributed by atoms with E-state index in [2.05, 4.69) is 0 Å². The van der Waals surface area contributed by atoms with Gasteiger partial charge in [-0.1, -0.05) is 19.1 Å². The fourth-order valence-electron chi connectivity index (χ4n) is 3.68. The number of carbonyl (C=O) groups excluding carboxylic acids is 2. The summed E-state index contributed by atoms with van der Waals surface area (Å²) in [6.45, 7) is 2.75. The molecular formula is C21H20O6. The molecule has 6 heteroatoms. The minimum absolute atomic E-state index is 0.164. The van der Waals surface area contributed by atoms with Crippen LogP contribution in [0.1, 0.15) is 40.7 Å². The second-order valence-corrected chi connectivity index (χ2v) is 6.55. The molecule has 0 radical (unpaired) electrons. The van der Waals surface area contributed by atoms with Gasteiger partial charge in [-0.3, -0.25) is 9.59 Å². The number of fused-ring (bicyclic) bond motifs is 2. The smallest absolute Gasteiger partial charge is 0.317 e. The predicted molar refractivity (Wildman–Crippen MR) is 96.5 cm³/mol. The lowest BCUT2D eigenvalue weighted by molar-refractivity contribution is -0.143. The summed E-state index contributed by atoms with van der Waals surface area (Å²) in [6, 6.07) is 10.9. The lowest BCUT2D eigenvalue weighted by atomic mass is 9.85. The second-order valence-electron chi connectivity index (χ2n) is 6.55. The minimum Gasteiger partial charge on any atom is -0.494 e. The third-order valence-corrected chi connectivity index (χ3v) is 4.92. The van der Waals surface area contributed by atoms with Gasteiger partial charge in [0.25, 0.3) is 0 Å². The highest BCUT2D eigenvalue weighted by Gasteiger charge is 2.46. The van der Waals surface area contributed by atoms with Gasteiger partial charge in [-0.15, -0.1) is 0 Å². The van der Waals surface area contributed by atoms with Crippen molar-refractivity contribution in [2.24, 2.45) is 5.92 Å². The number of hydrogen-bond acceptors (Lipinski definition) is 6. The van der Waals surface area contributed by atoms with Crippen LogP contribution in [0.3, 0.4) is 0 Å². The van der Waals surface area contributed by atoms with E-state index in [1.165, 1.54) is 7.11 Å². The van der Waals surface area contributed by atoms with Crippen molar-refractivity contribution >= 4 is 11.8 Å². The Morgan fingerprint density at radius 1 is 1.15 bits per heavy atom. The molecule has 0 fully saturated rings. The molecule has 2 aromatic rings. The Morgan fingerprint density at radius 2 is 1.96 bits per heavy atom. The van der Waals surface area contributed by atoms with Gasteiger partial charge >= 0.3 is 5.97 Å². The van der Waals surface area contributed by atoms with Gasteiger partial charge in [0, 0.05) is 11.5 Å². The van der Waals surface area contributed by atoms with Crippen molar-refractivity contribution in [3.63, 3.8) is 0 Å². The maximum absolute atomic E-state index is 13.0. The highest BCUT2D eigenvalue weighted by atomic mass is 16.7. The average molecular weight is 368 g/mol. The Morgan fingerprint density at radius 3 is 2.74 bits per heavy atom. The van der Waals surface area contributed by atoms with Crippen LogP contribution in [0.5, 0.6) is 17.2 Å². The van der Waals surface area contributed by atoms with Crippen LogP contribution in [-0.2, 0) is 9.53 Å². The number of benzene rings is 2. The molecule has 0 amide bonds. The largest absolute Gasteiger partial charge is 0.494 e. The number of carbonyl (C=O) groups is 2. The first-order valence-corrected chi connectivity index (χ1v) is 8.92. The number of Topliss-reactive ketones (excluding diaryl/α,β-unsaturated/α-hetero) is 1. The molecule has 140 valence electrons. The van der Waals surface area contributed by atoms with Crippen molar-refractivity contribution in [2.45, 2.75) is 19.3 Å². The summed E-state index contributed by atoms with van der Waals surface area (Å²) in [5.74, 6) is -0.266. The van der Waals surface area contributed by atoms with Crippen LogP contribution in [0, 0.1) is 5.92 Å². The summed E-state index contributed by atoms with van der Waals surface area (Å²) >= 11 is 0. The summed E-state index contributed by atoms with van der Waals surface area (Å²) < 4.78 is 21.4. The lowest BCUT2D eigenvalue weighted by Gasteiger charge is -2.18. The molecule has 0 bridgehead atoms. The number of ketones is 1. The number of rotatable bonds is 5. The van der Waals surface area contributed by atoms with E-state index < -0.39 is 17.8 Å². The molecule has 4 rings (SSSR count). The van der Waals surface area contributed by atoms with Crippen LogP contribution in [0.4, 0.5) is 0 Å². The number of hydrogen-bond donors (Lipinski definition) is 0. The van der Waals surface area contributed by atoms with Gasteiger partial charge in [-0.2, -0.15) is 0 Å². The zero-order chi connectivity index (χ0) is 19.0. The van der Waals surface area contributed by atoms with E-state index >= 15 is 0 Å². The van der Waals surface area contributed by atoms with E-state index in [1.54, 1.807) is 12.1 Å². The van der Waals surface area contributed by atoms with E-state index in [-0.39, 0.29) is 12.6 Å².